The monoisotopic (exact) mass is 384 g/mol. The molecule has 0 aliphatic heterocycles. The van der Waals surface area contributed by atoms with E-state index in [1.165, 1.54) is 0 Å². The van der Waals surface area contributed by atoms with Gasteiger partial charge in [0.1, 0.15) is 11.6 Å². The summed E-state index contributed by atoms with van der Waals surface area (Å²) in [5.41, 5.74) is 2.52. The van der Waals surface area contributed by atoms with Gasteiger partial charge < -0.3 is 10.1 Å². The Morgan fingerprint density at radius 1 is 1.29 bits per heavy atom. The third-order valence-corrected chi connectivity index (χ3v) is 4.57. The second-order valence-corrected chi connectivity index (χ2v) is 6.48. The Kier molecular flexibility index (Phi) is 4.77. The van der Waals surface area contributed by atoms with Gasteiger partial charge in [0, 0.05) is 35.7 Å². The lowest BCUT2D eigenvalue weighted by Gasteiger charge is -2.13. The number of aromatic nitrogens is 3. The summed E-state index contributed by atoms with van der Waals surface area (Å²) in [7, 11) is 0. The van der Waals surface area contributed by atoms with Crippen molar-refractivity contribution in [3.63, 3.8) is 0 Å². The van der Waals surface area contributed by atoms with Crippen molar-refractivity contribution in [3.05, 3.63) is 71.2 Å². The van der Waals surface area contributed by atoms with Crippen molar-refractivity contribution < 1.29 is 18.3 Å². The maximum Gasteiger partial charge on any atom is 0.251 e. The number of carbonyl (C=O) groups excluding carboxylic acids is 1. The molecule has 0 saturated carbocycles. The van der Waals surface area contributed by atoms with E-state index in [0.29, 0.717) is 25.3 Å². The number of ether oxygens (including phenoxy) is 1. The minimum absolute atomic E-state index is 0.0474. The first-order valence-corrected chi connectivity index (χ1v) is 8.98. The van der Waals surface area contributed by atoms with Gasteiger partial charge in [-0.15, -0.1) is 0 Å². The summed E-state index contributed by atoms with van der Waals surface area (Å²) in [4.78, 5) is 16.6. The number of amides is 1. The summed E-state index contributed by atoms with van der Waals surface area (Å²) in [6.07, 6.45) is 4.88. The number of benzene rings is 1. The van der Waals surface area contributed by atoms with Crippen LogP contribution in [0.5, 0.6) is 5.88 Å². The van der Waals surface area contributed by atoms with Crippen molar-refractivity contribution in [2.45, 2.75) is 25.8 Å². The van der Waals surface area contributed by atoms with Gasteiger partial charge in [0.25, 0.3) is 5.91 Å². The summed E-state index contributed by atoms with van der Waals surface area (Å²) < 4.78 is 33.9. The first kappa shape index (κ1) is 18.1. The quantitative estimate of drug-likeness (QED) is 0.732. The normalized spacial score (nSPS) is 15.3. The van der Waals surface area contributed by atoms with Gasteiger partial charge >= 0.3 is 0 Å². The molecule has 1 atom stereocenters. The summed E-state index contributed by atoms with van der Waals surface area (Å²) in [6.45, 7) is 2.40. The summed E-state index contributed by atoms with van der Waals surface area (Å²) in [5.74, 6) is -1.58. The van der Waals surface area contributed by atoms with E-state index in [0.717, 1.165) is 35.1 Å². The lowest BCUT2D eigenvalue weighted by Crippen LogP contribution is -2.27. The molecular weight excluding hydrogens is 366 g/mol. The molecule has 1 unspecified atom stereocenters. The first-order chi connectivity index (χ1) is 13.5. The van der Waals surface area contributed by atoms with Gasteiger partial charge in [0.05, 0.1) is 24.0 Å². The average Bonchev–Trinajstić information content (AvgIpc) is 3.23. The van der Waals surface area contributed by atoms with Crippen molar-refractivity contribution in [2.75, 3.05) is 6.61 Å². The standard InChI is InChI=1S/C20H18F2N4O2/c1-2-28-19-10-15(5-6-23-19)26-11-16-17(3-4-18(16)25-26)24-20(27)12-7-13(21)9-14(22)8-12/h5-11,17H,2-4H2,1H3,(H,24,27). The second kappa shape index (κ2) is 7.38. The van der Waals surface area contributed by atoms with Crippen LogP contribution in [0.4, 0.5) is 8.78 Å². The lowest BCUT2D eigenvalue weighted by molar-refractivity contribution is 0.0935. The zero-order valence-corrected chi connectivity index (χ0v) is 15.2. The van der Waals surface area contributed by atoms with E-state index in [2.05, 4.69) is 15.4 Å². The van der Waals surface area contributed by atoms with Crippen molar-refractivity contribution in [3.8, 4) is 11.6 Å². The number of pyridine rings is 1. The minimum atomic E-state index is -0.784. The van der Waals surface area contributed by atoms with Gasteiger partial charge in [-0.2, -0.15) is 5.10 Å². The Bertz CT molecular complexity index is 1010. The highest BCUT2D eigenvalue weighted by atomic mass is 19.1. The van der Waals surface area contributed by atoms with Crippen molar-refractivity contribution >= 4 is 5.91 Å². The third-order valence-electron chi connectivity index (χ3n) is 4.57. The molecule has 2 aromatic heterocycles. The van der Waals surface area contributed by atoms with E-state index in [1.807, 2.05) is 19.2 Å². The molecule has 144 valence electrons. The van der Waals surface area contributed by atoms with Gasteiger partial charge in [-0.25, -0.2) is 18.4 Å². The molecule has 1 aromatic carbocycles. The van der Waals surface area contributed by atoms with Gasteiger partial charge in [0.2, 0.25) is 5.88 Å². The van der Waals surface area contributed by atoms with Crippen molar-refractivity contribution in [1.82, 2.24) is 20.1 Å². The van der Waals surface area contributed by atoms with E-state index in [1.54, 1.807) is 16.9 Å². The van der Waals surface area contributed by atoms with E-state index in [-0.39, 0.29) is 11.6 Å². The van der Waals surface area contributed by atoms with E-state index in [9.17, 15) is 13.6 Å². The molecule has 0 saturated heterocycles. The Morgan fingerprint density at radius 2 is 2.07 bits per heavy atom. The predicted molar refractivity (Wildman–Crippen MR) is 97.4 cm³/mol. The maximum absolute atomic E-state index is 13.4. The van der Waals surface area contributed by atoms with Gasteiger partial charge in [-0.3, -0.25) is 4.79 Å². The number of rotatable bonds is 5. The summed E-state index contributed by atoms with van der Waals surface area (Å²) in [5, 5.41) is 7.42. The highest BCUT2D eigenvalue weighted by Crippen LogP contribution is 2.31. The van der Waals surface area contributed by atoms with Gasteiger partial charge in [-0.05, 0) is 38.0 Å². The number of fused-ring (bicyclic) bond motifs is 1. The van der Waals surface area contributed by atoms with E-state index < -0.39 is 17.5 Å². The van der Waals surface area contributed by atoms with Crippen LogP contribution >= 0.6 is 0 Å². The van der Waals surface area contributed by atoms with Crippen LogP contribution in [-0.2, 0) is 6.42 Å². The fourth-order valence-electron chi connectivity index (χ4n) is 3.32. The van der Waals surface area contributed by atoms with Crippen molar-refractivity contribution in [2.24, 2.45) is 0 Å². The number of hydrogen-bond donors (Lipinski definition) is 1. The number of hydrogen-bond acceptors (Lipinski definition) is 4. The van der Waals surface area contributed by atoms with Crippen LogP contribution in [0.1, 0.15) is 41.0 Å². The number of nitrogens with zero attached hydrogens (tertiary/aromatic N) is 3. The molecule has 3 aromatic rings. The fourth-order valence-corrected chi connectivity index (χ4v) is 3.32. The zero-order valence-electron chi connectivity index (χ0n) is 15.2. The fraction of sp³-hybridized carbons (Fsp3) is 0.250. The Balaban J connectivity index is 1.55. The second-order valence-electron chi connectivity index (χ2n) is 6.48. The first-order valence-electron chi connectivity index (χ1n) is 8.98. The molecule has 8 heteroatoms. The summed E-state index contributed by atoms with van der Waals surface area (Å²) in [6, 6.07) is 6.10. The van der Waals surface area contributed by atoms with Gasteiger partial charge in [0.15, 0.2) is 0 Å². The van der Waals surface area contributed by atoms with Crippen molar-refractivity contribution in [1.29, 1.82) is 0 Å². The average molecular weight is 384 g/mol. The molecule has 1 N–H and O–H groups in total. The number of halogens is 2. The zero-order chi connectivity index (χ0) is 19.7. The third kappa shape index (κ3) is 3.58. The molecule has 0 radical (unpaired) electrons. The molecule has 1 aliphatic rings. The Labute approximate surface area is 160 Å². The van der Waals surface area contributed by atoms with Crippen LogP contribution in [0.25, 0.3) is 5.69 Å². The molecule has 2 heterocycles. The Hall–Kier alpha value is -3.29. The topological polar surface area (TPSA) is 69.0 Å². The van der Waals surface area contributed by atoms with Crippen LogP contribution in [0.2, 0.25) is 0 Å². The SMILES string of the molecule is CCOc1cc(-n2cc3c(n2)CCC3NC(=O)c2cc(F)cc(F)c2)ccn1. The maximum atomic E-state index is 13.4. The molecule has 0 bridgehead atoms. The van der Waals surface area contributed by atoms with Crippen LogP contribution in [0.3, 0.4) is 0 Å². The molecule has 1 aliphatic carbocycles. The van der Waals surface area contributed by atoms with Crippen LogP contribution < -0.4 is 10.1 Å². The molecule has 6 nitrogen and oxygen atoms in total. The minimum Gasteiger partial charge on any atom is -0.478 e. The lowest BCUT2D eigenvalue weighted by atomic mass is 10.1. The molecular formula is C20H18F2N4O2. The van der Waals surface area contributed by atoms with Gasteiger partial charge in [-0.1, -0.05) is 0 Å². The highest BCUT2D eigenvalue weighted by molar-refractivity contribution is 5.94. The molecule has 28 heavy (non-hydrogen) atoms. The Morgan fingerprint density at radius 3 is 2.82 bits per heavy atom. The largest absolute Gasteiger partial charge is 0.478 e. The smallest absolute Gasteiger partial charge is 0.251 e. The summed E-state index contributed by atoms with van der Waals surface area (Å²) >= 11 is 0. The number of nitrogens with one attached hydrogen (secondary N) is 1. The number of aryl methyl sites for hydroxylation is 1. The molecule has 1 amide bonds. The van der Waals surface area contributed by atoms with Crippen LogP contribution in [-0.4, -0.2) is 27.3 Å². The number of carbonyl (C=O) groups is 1. The highest BCUT2D eigenvalue weighted by Gasteiger charge is 2.28. The van der Waals surface area contributed by atoms with Crippen LogP contribution in [0.15, 0.2) is 42.7 Å². The molecule has 0 fully saturated rings. The predicted octanol–water partition coefficient (Wildman–Crippen LogP) is 3.36. The molecule has 0 spiro atoms. The van der Waals surface area contributed by atoms with Crippen LogP contribution in [0, 0.1) is 11.6 Å². The van der Waals surface area contributed by atoms with E-state index >= 15 is 0 Å². The molecule has 4 rings (SSSR count). The van der Waals surface area contributed by atoms with E-state index in [4.69, 9.17) is 4.74 Å².